The molecule has 0 saturated heterocycles. The van der Waals surface area contributed by atoms with E-state index in [4.69, 9.17) is 4.74 Å². The summed E-state index contributed by atoms with van der Waals surface area (Å²) in [7, 11) is 1.54. The van der Waals surface area contributed by atoms with Gasteiger partial charge in [-0.3, -0.25) is 9.59 Å². The van der Waals surface area contributed by atoms with Gasteiger partial charge < -0.3 is 19.5 Å². The lowest BCUT2D eigenvalue weighted by Gasteiger charge is -2.29. The average molecular weight is 464 g/mol. The molecule has 1 N–H and O–H groups in total. The number of aromatic nitrogens is 1. The van der Waals surface area contributed by atoms with E-state index >= 15 is 0 Å². The molecule has 0 fully saturated rings. The van der Waals surface area contributed by atoms with Crippen LogP contribution in [0, 0.1) is 5.82 Å². The van der Waals surface area contributed by atoms with Crippen LogP contribution in [-0.4, -0.2) is 41.5 Å². The quantitative estimate of drug-likeness (QED) is 0.502. The van der Waals surface area contributed by atoms with E-state index < -0.39 is 0 Å². The summed E-state index contributed by atoms with van der Waals surface area (Å²) in [5, 5.41) is 2.61. The number of carbonyl (C=O) groups is 2. The Labute approximate surface area is 177 Å². The van der Waals surface area contributed by atoms with Crippen LogP contribution in [-0.2, 0) is 13.1 Å². The molecule has 2 heterocycles. The second kappa shape index (κ2) is 9.26. The van der Waals surface area contributed by atoms with Gasteiger partial charge in [-0.05, 0) is 47.0 Å². The summed E-state index contributed by atoms with van der Waals surface area (Å²) in [6.45, 7) is 3.62. The SMILES string of the molecule is C/C=C\CCOc1c(C(=O)NC)c(Br)n2c1C(=O)N(Cc1ccc(F)cc1)CC2. The Bertz CT molecular complexity index is 938. The van der Waals surface area contributed by atoms with E-state index in [1.54, 1.807) is 21.6 Å². The number of allylic oxidation sites excluding steroid dienone is 1. The molecule has 0 atom stereocenters. The van der Waals surface area contributed by atoms with Gasteiger partial charge in [0.2, 0.25) is 0 Å². The molecule has 1 aromatic carbocycles. The van der Waals surface area contributed by atoms with Gasteiger partial charge in [0.1, 0.15) is 16.0 Å². The van der Waals surface area contributed by atoms with Crippen LogP contribution in [0.4, 0.5) is 4.39 Å². The molecule has 29 heavy (non-hydrogen) atoms. The van der Waals surface area contributed by atoms with Crippen molar-refractivity contribution < 1.29 is 18.7 Å². The Morgan fingerprint density at radius 2 is 2.03 bits per heavy atom. The molecule has 2 amide bonds. The van der Waals surface area contributed by atoms with Gasteiger partial charge in [-0.15, -0.1) is 0 Å². The number of hydrogen-bond donors (Lipinski definition) is 1. The highest BCUT2D eigenvalue weighted by molar-refractivity contribution is 9.10. The zero-order valence-electron chi connectivity index (χ0n) is 16.4. The summed E-state index contributed by atoms with van der Waals surface area (Å²) in [6, 6.07) is 6.08. The largest absolute Gasteiger partial charge is 0.490 e. The minimum Gasteiger partial charge on any atom is -0.490 e. The van der Waals surface area contributed by atoms with E-state index in [2.05, 4.69) is 21.2 Å². The molecule has 154 valence electrons. The van der Waals surface area contributed by atoms with E-state index in [0.717, 1.165) is 5.56 Å². The molecule has 6 nitrogen and oxygen atoms in total. The lowest BCUT2D eigenvalue weighted by atomic mass is 10.1. The number of halogens is 2. The van der Waals surface area contributed by atoms with Crippen LogP contribution in [0.25, 0.3) is 0 Å². The zero-order valence-corrected chi connectivity index (χ0v) is 18.0. The summed E-state index contributed by atoms with van der Waals surface area (Å²) >= 11 is 3.47. The number of rotatable bonds is 7. The first-order valence-electron chi connectivity index (χ1n) is 9.39. The monoisotopic (exact) mass is 463 g/mol. The van der Waals surface area contributed by atoms with Crippen LogP contribution in [0.3, 0.4) is 0 Å². The Hall–Kier alpha value is -2.61. The summed E-state index contributed by atoms with van der Waals surface area (Å²) in [5.41, 5.74) is 1.50. The average Bonchev–Trinajstić information content (AvgIpc) is 3.00. The lowest BCUT2D eigenvalue weighted by molar-refractivity contribution is 0.0684. The van der Waals surface area contributed by atoms with Crippen molar-refractivity contribution >= 4 is 27.7 Å². The fraction of sp³-hybridized carbons (Fsp3) is 0.333. The van der Waals surface area contributed by atoms with Gasteiger partial charge >= 0.3 is 0 Å². The summed E-state index contributed by atoms with van der Waals surface area (Å²) in [6.07, 6.45) is 4.54. The smallest absolute Gasteiger partial charge is 0.274 e. The van der Waals surface area contributed by atoms with Gasteiger partial charge in [-0.1, -0.05) is 24.3 Å². The molecule has 0 saturated carbocycles. The van der Waals surface area contributed by atoms with Crippen molar-refractivity contribution in [1.29, 1.82) is 0 Å². The molecule has 0 radical (unpaired) electrons. The number of ether oxygens (including phenoxy) is 1. The first-order chi connectivity index (χ1) is 14.0. The maximum Gasteiger partial charge on any atom is 0.274 e. The fourth-order valence-electron chi connectivity index (χ4n) is 3.28. The molecule has 0 bridgehead atoms. The highest BCUT2D eigenvalue weighted by atomic mass is 79.9. The van der Waals surface area contributed by atoms with Crippen molar-refractivity contribution in [3.8, 4) is 5.75 Å². The standard InChI is InChI=1S/C21H23BrFN3O3/c1-3-4-5-12-29-18-16(20(27)24-2)19(22)26-11-10-25(21(28)17(18)26)13-14-6-8-15(23)9-7-14/h3-4,6-9H,5,10-13H2,1-2H3,(H,24,27)/b4-3-. The minimum absolute atomic E-state index is 0.225. The highest BCUT2D eigenvalue weighted by Gasteiger charge is 2.36. The number of nitrogens with zero attached hydrogens (tertiary/aromatic N) is 2. The second-order valence-corrected chi connectivity index (χ2v) is 7.38. The van der Waals surface area contributed by atoms with Crippen molar-refractivity contribution in [3.63, 3.8) is 0 Å². The maximum absolute atomic E-state index is 13.3. The number of carbonyl (C=O) groups excluding carboxylic acids is 2. The van der Waals surface area contributed by atoms with Crippen molar-refractivity contribution in [2.24, 2.45) is 0 Å². The predicted octanol–water partition coefficient (Wildman–Crippen LogP) is 3.75. The minimum atomic E-state index is -0.322. The van der Waals surface area contributed by atoms with Crippen molar-refractivity contribution in [2.45, 2.75) is 26.4 Å². The van der Waals surface area contributed by atoms with Crippen LogP contribution in [0.15, 0.2) is 41.0 Å². The van der Waals surface area contributed by atoms with Gasteiger partial charge in [-0.25, -0.2) is 4.39 Å². The third kappa shape index (κ3) is 4.37. The number of fused-ring (bicyclic) bond motifs is 1. The molecule has 1 aromatic heterocycles. The van der Waals surface area contributed by atoms with Crippen LogP contribution >= 0.6 is 15.9 Å². The summed E-state index contributed by atoms with van der Waals surface area (Å²) < 4.78 is 21.4. The van der Waals surface area contributed by atoms with Crippen LogP contribution in [0.1, 0.15) is 39.8 Å². The molecule has 0 unspecified atom stereocenters. The van der Waals surface area contributed by atoms with E-state index in [1.165, 1.54) is 19.2 Å². The fourth-order valence-corrected chi connectivity index (χ4v) is 4.00. The van der Waals surface area contributed by atoms with Crippen LogP contribution in [0.5, 0.6) is 5.75 Å². The van der Waals surface area contributed by atoms with Gasteiger partial charge in [0.25, 0.3) is 11.8 Å². The molecular weight excluding hydrogens is 441 g/mol. The molecular formula is C21H23BrFN3O3. The van der Waals surface area contributed by atoms with E-state index in [1.807, 2.05) is 19.1 Å². The van der Waals surface area contributed by atoms with Gasteiger partial charge in [0, 0.05) is 26.7 Å². The number of amides is 2. The second-order valence-electron chi connectivity index (χ2n) is 6.63. The number of hydrogen-bond acceptors (Lipinski definition) is 3. The van der Waals surface area contributed by atoms with Crippen molar-refractivity contribution in [3.05, 3.63) is 63.7 Å². The lowest BCUT2D eigenvalue weighted by Crippen LogP contribution is -2.39. The third-order valence-corrected chi connectivity index (χ3v) is 5.57. The highest BCUT2D eigenvalue weighted by Crippen LogP contribution is 2.37. The van der Waals surface area contributed by atoms with Crippen LogP contribution < -0.4 is 10.1 Å². The summed E-state index contributed by atoms with van der Waals surface area (Å²) in [4.78, 5) is 27.4. The van der Waals surface area contributed by atoms with Gasteiger partial charge in [0.15, 0.2) is 11.4 Å². The van der Waals surface area contributed by atoms with Crippen LogP contribution in [0.2, 0.25) is 0 Å². The normalized spacial score (nSPS) is 13.7. The number of nitrogens with one attached hydrogen (secondary N) is 1. The topological polar surface area (TPSA) is 63.6 Å². The first-order valence-corrected chi connectivity index (χ1v) is 10.2. The maximum atomic E-state index is 13.3. The van der Waals surface area contributed by atoms with E-state index in [-0.39, 0.29) is 23.4 Å². The van der Waals surface area contributed by atoms with Crippen molar-refractivity contribution in [2.75, 3.05) is 20.2 Å². The molecule has 8 heteroatoms. The number of benzene rings is 1. The molecule has 3 rings (SSSR count). The van der Waals surface area contributed by atoms with E-state index in [0.29, 0.717) is 48.5 Å². The van der Waals surface area contributed by atoms with Gasteiger partial charge in [-0.2, -0.15) is 0 Å². The summed E-state index contributed by atoms with van der Waals surface area (Å²) in [5.74, 6) is -0.576. The third-order valence-electron chi connectivity index (χ3n) is 4.75. The first kappa shape index (κ1) is 21.1. The molecule has 2 aromatic rings. The predicted molar refractivity (Wildman–Crippen MR) is 112 cm³/mol. The molecule has 1 aliphatic rings. The zero-order chi connectivity index (χ0) is 21.0. The molecule has 1 aliphatic heterocycles. The Morgan fingerprint density at radius 1 is 1.31 bits per heavy atom. The Kier molecular flexibility index (Phi) is 6.74. The molecule has 0 aliphatic carbocycles. The van der Waals surface area contributed by atoms with Crippen molar-refractivity contribution in [1.82, 2.24) is 14.8 Å². The Morgan fingerprint density at radius 3 is 2.69 bits per heavy atom. The molecule has 0 spiro atoms. The van der Waals surface area contributed by atoms with E-state index in [9.17, 15) is 14.0 Å². The Balaban J connectivity index is 1.94. The van der Waals surface area contributed by atoms with Gasteiger partial charge in [0.05, 0.1) is 6.61 Å².